The lowest BCUT2D eigenvalue weighted by Crippen LogP contribution is -2.32. The third-order valence-corrected chi connectivity index (χ3v) is 3.84. The minimum Gasteiger partial charge on any atom is -0.352 e. The van der Waals surface area contributed by atoms with Crippen LogP contribution in [0.2, 0.25) is 0 Å². The summed E-state index contributed by atoms with van der Waals surface area (Å²) in [5.74, 6) is -1.05. The zero-order valence-electron chi connectivity index (χ0n) is 15.3. The van der Waals surface area contributed by atoms with E-state index in [1.807, 2.05) is 0 Å². The first-order chi connectivity index (χ1) is 11.4. The molecule has 0 aromatic rings. The molecule has 0 aliphatic carbocycles. The van der Waals surface area contributed by atoms with Crippen molar-refractivity contribution in [3.05, 3.63) is 24.3 Å². The van der Waals surface area contributed by atoms with Gasteiger partial charge in [-0.25, -0.2) is 8.37 Å². The first-order valence-electron chi connectivity index (χ1n) is 7.85. The van der Waals surface area contributed by atoms with E-state index in [0.717, 1.165) is 0 Å². The Labute approximate surface area is 150 Å². The van der Waals surface area contributed by atoms with Crippen LogP contribution in [0.5, 0.6) is 0 Å². The van der Waals surface area contributed by atoms with Crippen molar-refractivity contribution in [3.8, 4) is 0 Å². The van der Waals surface area contributed by atoms with Crippen LogP contribution < -0.4 is 10.6 Å². The second kappa shape index (κ2) is 11.0. The Bertz CT molecular complexity index is 554. The van der Waals surface area contributed by atoms with Crippen molar-refractivity contribution in [2.24, 2.45) is 11.8 Å². The summed E-state index contributed by atoms with van der Waals surface area (Å²) in [5, 5.41) is 5.21. The van der Waals surface area contributed by atoms with Gasteiger partial charge in [0, 0.05) is 24.2 Å². The van der Waals surface area contributed by atoms with Crippen molar-refractivity contribution in [1.82, 2.24) is 10.6 Å². The van der Waals surface area contributed by atoms with E-state index < -0.39 is 10.4 Å². The molecule has 0 saturated heterocycles. The summed E-state index contributed by atoms with van der Waals surface area (Å²) in [5.41, 5.74) is 0.744. The van der Waals surface area contributed by atoms with Crippen molar-refractivity contribution >= 4 is 22.2 Å². The third-order valence-electron chi connectivity index (χ3n) is 2.99. The molecule has 0 fully saturated rings. The van der Waals surface area contributed by atoms with Crippen LogP contribution in [-0.4, -0.2) is 46.5 Å². The van der Waals surface area contributed by atoms with Gasteiger partial charge in [0.2, 0.25) is 11.8 Å². The molecule has 0 aromatic carbocycles. The molecule has 0 aromatic heterocycles. The molecule has 2 N–H and O–H groups in total. The first-order valence-corrected chi connectivity index (χ1v) is 9.19. The van der Waals surface area contributed by atoms with Crippen LogP contribution in [0.4, 0.5) is 0 Å². The molecule has 0 heterocycles. The van der Waals surface area contributed by atoms with Gasteiger partial charge in [0.15, 0.2) is 0 Å². The highest BCUT2D eigenvalue weighted by molar-refractivity contribution is 7.81. The molecule has 144 valence electrons. The van der Waals surface area contributed by atoms with E-state index in [4.69, 9.17) is 8.37 Å². The molecular weight excluding hydrogens is 348 g/mol. The number of rotatable bonds is 12. The Morgan fingerprint density at radius 1 is 0.880 bits per heavy atom. The molecule has 0 bridgehead atoms. The molecule has 0 aliphatic heterocycles. The summed E-state index contributed by atoms with van der Waals surface area (Å²) >= 11 is 0. The number of amides is 2. The van der Waals surface area contributed by atoms with E-state index >= 15 is 0 Å². The van der Waals surface area contributed by atoms with Gasteiger partial charge in [-0.1, -0.05) is 27.0 Å². The van der Waals surface area contributed by atoms with E-state index in [0.29, 0.717) is 11.1 Å². The first kappa shape index (κ1) is 23.3. The molecule has 2 amide bonds. The largest absolute Gasteiger partial charge is 0.399 e. The quantitative estimate of drug-likeness (QED) is 0.490. The summed E-state index contributed by atoms with van der Waals surface area (Å²) in [6, 6.07) is 0. The predicted molar refractivity (Wildman–Crippen MR) is 94.8 cm³/mol. The standard InChI is InChI=1S/C16H28N2O6S/c1-11(2)15(19)17-7-13(5)9-23-25(21,22)24-10-14(6)8-18-16(20)12(3)4/h13-14H,1,3,7-10H2,2,4-6H3,(H,17,19)(H,18,20). The topological polar surface area (TPSA) is 111 Å². The minimum atomic E-state index is -4.14. The third kappa shape index (κ3) is 11.5. The lowest BCUT2D eigenvalue weighted by Gasteiger charge is -2.15. The van der Waals surface area contributed by atoms with Gasteiger partial charge in [-0.3, -0.25) is 9.59 Å². The molecule has 0 saturated carbocycles. The van der Waals surface area contributed by atoms with Crippen molar-refractivity contribution in [2.75, 3.05) is 26.3 Å². The summed E-state index contributed by atoms with van der Waals surface area (Å²) in [4.78, 5) is 22.7. The van der Waals surface area contributed by atoms with Gasteiger partial charge in [0.1, 0.15) is 0 Å². The second-order valence-electron chi connectivity index (χ2n) is 6.17. The number of hydrogen-bond acceptors (Lipinski definition) is 6. The molecule has 0 spiro atoms. The molecular formula is C16H28N2O6S. The van der Waals surface area contributed by atoms with Gasteiger partial charge in [0.25, 0.3) is 0 Å². The Hall–Kier alpha value is -1.71. The van der Waals surface area contributed by atoms with E-state index in [1.54, 1.807) is 27.7 Å². The van der Waals surface area contributed by atoms with Crippen molar-refractivity contribution < 1.29 is 26.4 Å². The van der Waals surface area contributed by atoms with E-state index in [2.05, 4.69) is 23.8 Å². The average Bonchev–Trinajstić information content (AvgIpc) is 2.53. The van der Waals surface area contributed by atoms with Crippen molar-refractivity contribution in [2.45, 2.75) is 27.7 Å². The predicted octanol–water partition coefficient (Wildman–Crippen LogP) is 0.921. The Kier molecular flexibility index (Phi) is 10.3. The fraction of sp³-hybridized carbons (Fsp3) is 0.625. The van der Waals surface area contributed by atoms with Gasteiger partial charge in [-0.2, -0.15) is 8.42 Å². The van der Waals surface area contributed by atoms with Crippen LogP contribution in [0.1, 0.15) is 27.7 Å². The van der Waals surface area contributed by atoms with Gasteiger partial charge in [0.05, 0.1) is 13.2 Å². The second-order valence-corrected chi connectivity index (χ2v) is 7.46. The molecule has 0 radical (unpaired) electrons. The highest BCUT2D eigenvalue weighted by Crippen LogP contribution is 2.05. The summed E-state index contributed by atoms with van der Waals surface area (Å²) in [7, 11) is -4.14. The van der Waals surface area contributed by atoms with Crippen LogP contribution in [-0.2, 0) is 28.4 Å². The smallest absolute Gasteiger partial charge is 0.352 e. The Morgan fingerprint density at radius 2 is 1.20 bits per heavy atom. The van der Waals surface area contributed by atoms with Crippen LogP contribution in [0.25, 0.3) is 0 Å². The van der Waals surface area contributed by atoms with Crippen LogP contribution in [0, 0.1) is 11.8 Å². The minimum absolute atomic E-state index is 0.125. The van der Waals surface area contributed by atoms with Gasteiger partial charge in [-0.15, -0.1) is 0 Å². The molecule has 2 atom stereocenters. The van der Waals surface area contributed by atoms with E-state index in [9.17, 15) is 18.0 Å². The maximum Gasteiger partial charge on any atom is 0.399 e. The number of carbonyl (C=O) groups is 2. The fourth-order valence-electron chi connectivity index (χ4n) is 1.39. The molecule has 0 rings (SSSR count). The van der Waals surface area contributed by atoms with E-state index in [-0.39, 0.29) is 50.0 Å². The zero-order chi connectivity index (χ0) is 19.6. The molecule has 2 unspecified atom stereocenters. The van der Waals surface area contributed by atoms with Crippen LogP contribution in [0.3, 0.4) is 0 Å². The number of nitrogens with one attached hydrogen (secondary N) is 2. The normalized spacial score (nSPS) is 13.6. The summed E-state index contributed by atoms with van der Waals surface area (Å²) in [6.07, 6.45) is 0. The van der Waals surface area contributed by atoms with Crippen molar-refractivity contribution in [1.29, 1.82) is 0 Å². The number of carbonyl (C=O) groups excluding carboxylic acids is 2. The Balaban J connectivity index is 4.11. The monoisotopic (exact) mass is 376 g/mol. The van der Waals surface area contributed by atoms with Crippen LogP contribution in [0.15, 0.2) is 24.3 Å². The molecule has 25 heavy (non-hydrogen) atoms. The molecule has 0 aliphatic rings. The maximum absolute atomic E-state index is 11.7. The highest BCUT2D eigenvalue weighted by Gasteiger charge is 2.17. The Morgan fingerprint density at radius 3 is 1.48 bits per heavy atom. The van der Waals surface area contributed by atoms with Crippen molar-refractivity contribution in [3.63, 3.8) is 0 Å². The van der Waals surface area contributed by atoms with E-state index in [1.165, 1.54) is 0 Å². The SMILES string of the molecule is C=C(C)C(=O)NCC(C)COS(=O)(=O)OCC(C)CNC(=O)C(=C)C. The lowest BCUT2D eigenvalue weighted by atomic mass is 10.2. The number of hydrogen-bond donors (Lipinski definition) is 2. The van der Waals surface area contributed by atoms with Gasteiger partial charge < -0.3 is 10.6 Å². The highest BCUT2D eigenvalue weighted by atomic mass is 32.3. The van der Waals surface area contributed by atoms with Gasteiger partial charge in [-0.05, 0) is 25.7 Å². The average molecular weight is 376 g/mol. The maximum atomic E-state index is 11.7. The summed E-state index contributed by atoms with van der Waals surface area (Å²) in [6.45, 7) is 13.9. The summed E-state index contributed by atoms with van der Waals surface area (Å²) < 4.78 is 32.9. The lowest BCUT2D eigenvalue weighted by molar-refractivity contribution is -0.118. The molecule has 9 heteroatoms. The zero-order valence-corrected chi connectivity index (χ0v) is 16.1. The molecule has 8 nitrogen and oxygen atoms in total. The van der Waals surface area contributed by atoms with Crippen LogP contribution >= 0.6 is 0 Å². The fourth-order valence-corrected chi connectivity index (χ4v) is 2.25. The van der Waals surface area contributed by atoms with Gasteiger partial charge >= 0.3 is 10.4 Å².